The average Bonchev–Trinajstić information content (AvgIpc) is 3.09. The summed E-state index contributed by atoms with van der Waals surface area (Å²) in [5.41, 5.74) is 3.95. The predicted molar refractivity (Wildman–Crippen MR) is 87.5 cm³/mol. The van der Waals surface area contributed by atoms with Crippen LogP contribution >= 0.6 is 11.8 Å². The smallest absolute Gasteiger partial charge is 0.274 e. The third-order valence-corrected chi connectivity index (χ3v) is 4.29. The number of nitrogens with one attached hydrogen (secondary N) is 1. The lowest BCUT2D eigenvalue weighted by molar-refractivity contribution is -0.186. The number of aromatic nitrogens is 2. The second kappa shape index (κ2) is 7.63. The highest BCUT2D eigenvalue weighted by molar-refractivity contribution is 7.98. The fourth-order valence-electron chi connectivity index (χ4n) is 2.39. The van der Waals surface area contributed by atoms with Crippen molar-refractivity contribution >= 4 is 17.7 Å². The summed E-state index contributed by atoms with van der Waals surface area (Å²) < 4.78 is 7.38. The minimum Gasteiger partial charge on any atom is -0.350 e. The number of thioether (sulfide) groups is 1. The molecule has 0 spiro atoms. The van der Waals surface area contributed by atoms with Gasteiger partial charge in [-0.05, 0) is 43.4 Å². The molecule has 23 heavy (non-hydrogen) atoms. The van der Waals surface area contributed by atoms with Gasteiger partial charge in [0.05, 0.1) is 0 Å². The number of hydroxylamine groups is 1. The van der Waals surface area contributed by atoms with Crippen molar-refractivity contribution < 1.29 is 14.4 Å². The molecule has 6 nitrogen and oxygen atoms in total. The Labute approximate surface area is 139 Å². The van der Waals surface area contributed by atoms with Gasteiger partial charge in [0.2, 0.25) is 0 Å². The zero-order valence-electron chi connectivity index (χ0n) is 12.9. The third kappa shape index (κ3) is 3.93. The van der Waals surface area contributed by atoms with Crippen LogP contribution in [0, 0.1) is 0 Å². The summed E-state index contributed by atoms with van der Waals surface area (Å²) in [4.78, 5) is 21.7. The van der Waals surface area contributed by atoms with Gasteiger partial charge in [-0.1, -0.05) is 11.8 Å². The number of ether oxygens (including phenoxy) is 1. The lowest BCUT2D eigenvalue weighted by atomic mass is 10.2. The highest BCUT2D eigenvalue weighted by Crippen LogP contribution is 2.18. The van der Waals surface area contributed by atoms with Crippen LogP contribution in [0.3, 0.4) is 0 Å². The fourth-order valence-corrected chi connectivity index (χ4v) is 2.92. The van der Waals surface area contributed by atoms with E-state index in [0.717, 1.165) is 30.1 Å². The van der Waals surface area contributed by atoms with Crippen molar-refractivity contribution in [3.05, 3.63) is 42.2 Å². The minimum absolute atomic E-state index is 0.276. The molecule has 0 aliphatic carbocycles. The van der Waals surface area contributed by atoms with Crippen LogP contribution < -0.4 is 5.48 Å². The number of nitrogens with zero attached hydrogens (tertiary/aromatic N) is 2. The molecule has 2 aromatic rings. The van der Waals surface area contributed by atoms with E-state index in [1.54, 1.807) is 30.1 Å². The summed E-state index contributed by atoms with van der Waals surface area (Å²) >= 11 is 1.57. The third-order valence-electron chi connectivity index (χ3n) is 3.62. The molecule has 7 heteroatoms. The molecule has 0 unspecified atom stereocenters. The number of rotatable bonds is 5. The first-order valence-electron chi connectivity index (χ1n) is 7.53. The van der Waals surface area contributed by atoms with Crippen molar-refractivity contribution in [2.75, 3.05) is 12.9 Å². The number of hydrogen-bond donors (Lipinski definition) is 1. The molecule has 1 fully saturated rings. The summed E-state index contributed by atoms with van der Waals surface area (Å²) in [7, 11) is 0. The van der Waals surface area contributed by atoms with Crippen LogP contribution in [-0.4, -0.2) is 34.6 Å². The number of amides is 1. The van der Waals surface area contributed by atoms with Gasteiger partial charge in [0.1, 0.15) is 0 Å². The molecule has 1 saturated heterocycles. The van der Waals surface area contributed by atoms with E-state index >= 15 is 0 Å². The normalized spacial score (nSPS) is 17.9. The van der Waals surface area contributed by atoms with E-state index < -0.39 is 0 Å². The van der Waals surface area contributed by atoms with Crippen molar-refractivity contribution in [2.24, 2.45) is 0 Å². The van der Waals surface area contributed by atoms with E-state index in [2.05, 4.69) is 10.5 Å². The fraction of sp³-hybridized carbons (Fsp3) is 0.375. The van der Waals surface area contributed by atoms with E-state index in [4.69, 9.17) is 9.57 Å². The van der Waals surface area contributed by atoms with Gasteiger partial charge in [-0.15, -0.1) is 0 Å². The average molecular weight is 333 g/mol. The summed E-state index contributed by atoms with van der Waals surface area (Å²) in [5.74, 6) is -0.276. The lowest BCUT2D eigenvalue weighted by Crippen LogP contribution is -2.33. The molecular weight excluding hydrogens is 314 g/mol. The largest absolute Gasteiger partial charge is 0.350 e. The topological polar surface area (TPSA) is 65.4 Å². The Morgan fingerprint density at radius 3 is 2.91 bits per heavy atom. The molecule has 1 amide bonds. The molecule has 1 aliphatic heterocycles. The second-order valence-electron chi connectivity index (χ2n) is 5.18. The summed E-state index contributed by atoms with van der Waals surface area (Å²) in [6, 6.07) is 7.29. The van der Waals surface area contributed by atoms with Gasteiger partial charge in [0.15, 0.2) is 11.4 Å². The molecule has 1 aromatic carbocycles. The molecule has 1 atom stereocenters. The Morgan fingerprint density at radius 2 is 2.22 bits per heavy atom. The number of hydrogen-bond acceptors (Lipinski definition) is 5. The predicted octanol–water partition coefficient (Wildman–Crippen LogP) is 2.78. The van der Waals surface area contributed by atoms with Crippen molar-refractivity contribution in [2.45, 2.75) is 30.7 Å². The molecule has 122 valence electrons. The molecule has 0 saturated carbocycles. The first-order chi connectivity index (χ1) is 11.3. The van der Waals surface area contributed by atoms with Gasteiger partial charge in [-0.2, -0.15) is 0 Å². The monoisotopic (exact) mass is 333 g/mol. The Kier molecular flexibility index (Phi) is 5.32. The van der Waals surface area contributed by atoms with Crippen LogP contribution in [0.25, 0.3) is 5.69 Å². The van der Waals surface area contributed by atoms with E-state index in [0.29, 0.717) is 12.2 Å². The van der Waals surface area contributed by atoms with Crippen LogP contribution in [0.5, 0.6) is 0 Å². The Balaban J connectivity index is 1.61. The first kappa shape index (κ1) is 16.0. The standard InChI is InChI=1S/C16H19N3O3S/c1-23-16-17-9-10-19(16)13-7-5-12(6-8-13)15(20)18-22-14-4-2-3-11-21-14/h5-10,14H,2-4,11H2,1H3,(H,18,20)/t14-/m1/s1. The van der Waals surface area contributed by atoms with Crippen molar-refractivity contribution in [1.82, 2.24) is 15.0 Å². The number of benzene rings is 1. The van der Waals surface area contributed by atoms with Gasteiger partial charge in [-0.25, -0.2) is 15.3 Å². The maximum atomic E-state index is 12.1. The van der Waals surface area contributed by atoms with Gasteiger partial charge in [0, 0.05) is 36.7 Å². The zero-order valence-corrected chi connectivity index (χ0v) is 13.7. The van der Waals surface area contributed by atoms with Gasteiger partial charge < -0.3 is 4.74 Å². The lowest BCUT2D eigenvalue weighted by Gasteiger charge is -2.22. The van der Waals surface area contributed by atoms with E-state index in [-0.39, 0.29) is 12.2 Å². The molecule has 2 heterocycles. The van der Waals surface area contributed by atoms with Crippen molar-refractivity contribution in [1.29, 1.82) is 0 Å². The quantitative estimate of drug-likeness (QED) is 0.673. The SMILES string of the molecule is CSc1nccn1-c1ccc(C(=O)NO[C@@H]2CCCCO2)cc1. The molecule has 1 aliphatic rings. The molecule has 0 bridgehead atoms. The summed E-state index contributed by atoms with van der Waals surface area (Å²) in [5, 5.41) is 0.903. The van der Waals surface area contributed by atoms with Crippen molar-refractivity contribution in [3.63, 3.8) is 0 Å². The van der Waals surface area contributed by atoms with E-state index in [9.17, 15) is 4.79 Å². The Morgan fingerprint density at radius 1 is 1.39 bits per heavy atom. The van der Waals surface area contributed by atoms with Gasteiger partial charge in [-0.3, -0.25) is 9.36 Å². The van der Waals surface area contributed by atoms with Crippen LogP contribution in [0.1, 0.15) is 29.6 Å². The summed E-state index contributed by atoms with van der Waals surface area (Å²) in [6.07, 6.45) is 8.18. The van der Waals surface area contributed by atoms with Gasteiger partial charge in [0.25, 0.3) is 5.91 Å². The molecule has 1 N–H and O–H groups in total. The number of imidazole rings is 1. The number of carbonyl (C=O) groups is 1. The zero-order chi connectivity index (χ0) is 16.1. The van der Waals surface area contributed by atoms with Crippen LogP contribution in [0.15, 0.2) is 41.8 Å². The molecule has 3 rings (SSSR count). The second-order valence-corrected chi connectivity index (χ2v) is 5.95. The van der Waals surface area contributed by atoms with E-state index in [1.165, 1.54) is 0 Å². The number of carbonyl (C=O) groups excluding carboxylic acids is 1. The molecule has 1 aromatic heterocycles. The maximum Gasteiger partial charge on any atom is 0.274 e. The summed E-state index contributed by atoms with van der Waals surface area (Å²) in [6.45, 7) is 0.678. The van der Waals surface area contributed by atoms with Gasteiger partial charge >= 0.3 is 0 Å². The first-order valence-corrected chi connectivity index (χ1v) is 8.76. The highest BCUT2D eigenvalue weighted by atomic mass is 32.2. The molecular formula is C16H19N3O3S. The van der Waals surface area contributed by atoms with Crippen LogP contribution in [-0.2, 0) is 9.57 Å². The van der Waals surface area contributed by atoms with Crippen LogP contribution in [0.4, 0.5) is 0 Å². The Hall–Kier alpha value is -1.83. The maximum absolute atomic E-state index is 12.1. The van der Waals surface area contributed by atoms with Crippen LogP contribution in [0.2, 0.25) is 0 Å². The highest BCUT2D eigenvalue weighted by Gasteiger charge is 2.16. The Bertz CT molecular complexity index is 651. The van der Waals surface area contributed by atoms with E-state index in [1.807, 2.05) is 29.2 Å². The molecule has 0 radical (unpaired) electrons. The van der Waals surface area contributed by atoms with Crippen molar-refractivity contribution in [3.8, 4) is 5.69 Å². The minimum atomic E-state index is -0.345.